The lowest BCUT2D eigenvalue weighted by Gasteiger charge is -2.36. The number of aromatic amines is 1. The minimum atomic E-state index is 0.157. The number of morpholine rings is 1. The van der Waals surface area contributed by atoms with Gasteiger partial charge < -0.3 is 15.4 Å². The molecule has 0 bridgehead atoms. The van der Waals surface area contributed by atoms with E-state index in [0.29, 0.717) is 0 Å². The van der Waals surface area contributed by atoms with Crippen LogP contribution in [0.4, 0.5) is 11.8 Å². The molecule has 4 rings (SSSR count). The molecule has 2 atom stereocenters. The molecule has 1 aromatic carbocycles. The Morgan fingerprint density at radius 2 is 1.96 bits per heavy atom. The first kappa shape index (κ1) is 14.9. The van der Waals surface area contributed by atoms with Crippen molar-refractivity contribution in [3.63, 3.8) is 0 Å². The van der Waals surface area contributed by atoms with Crippen LogP contribution in [0.2, 0.25) is 0 Å². The van der Waals surface area contributed by atoms with Crippen molar-refractivity contribution in [2.24, 2.45) is 0 Å². The normalized spacial score (nSPS) is 21.3. The second kappa shape index (κ2) is 5.76. The van der Waals surface area contributed by atoms with Gasteiger partial charge in [0.15, 0.2) is 0 Å². The Labute approximate surface area is 139 Å². The summed E-state index contributed by atoms with van der Waals surface area (Å²) in [5, 5.41) is 7.96. The summed E-state index contributed by atoms with van der Waals surface area (Å²) in [5.41, 5.74) is 8.77. The van der Waals surface area contributed by atoms with E-state index >= 15 is 0 Å². The zero-order valence-corrected chi connectivity index (χ0v) is 13.7. The lowest BCUT2D eigenvalue weighted by molar-refractivity contribution is -0.00536. The smallest absolute Gasteiger partial charge is 0.222 e. The maximum absolute atomic E-state index is 5.97. The molecule has 3 aromatic rings. The standard InChI is InChI=1S/C17H20N6O/c1-10-8-23(9-11(2)24-10)16-13-4-3-12(14-5-6-19-22-14)7-15(13)20-17(18)21-16/h3-7,10-11H,8-9H2,1-2H3,(H,19,22)(H2,18,20,21)/t10-,11-/m1/s1. The highest BCUT2D eigenvalue weighted by Gasteiger charge is 2.25. The Kier molecular flexibility index (Phi) is 3.57. The number of nitrogens with zero attached hydrogens (tertiary/aromatic N) is 4. The third kappa shape index (κ3) is 2.67. The van der Waals surface area contributed by atoms with E-state index in [2.05, 4.69) is 38.9 Å². The minimum Gasteiger partial charge on any atom is -0.372 e. The van der Waals surface area contributed by atoms with Crippen LogP contribution in [-0.4, -0.2) is 45.5 Å². The van der Waals surface area contributed by atoms with E-state index in [9.17, 15) is 0 Å². The quantitative estimate of drug-likeness (QED) is 0.751. The molecule has 0 saturated carbocycles. The summed E-state index contributed by atoms with van der Waals surface area (Å²) in [4.78, 5) is 11.1. The van der Waals surface area contributed by atoms with Crippen molar-refractivity contribution < 1.29 is 4.74 Å². The number of aromatic nitrogens is 4. The van der Waals surface area contributed by atoms with Gasteiger partial charge in [-0.2, -0.15) is 10.1 Å². The van der Waals surface area contributed by atoms with Crippen LogP contribution in [0.25, 0.3) is 22.2 Å². The van der Waals surface area contributed by atoms with Gasteiger partial charge in [-0.05, 0) is 32.0 Å². The predicted octanol–water partition coefficient (Wildman–Crippen LogP) is 2.22. The number of rotatable bonds is 2. The summed E-state index contributed by atoms with van der Waals surface area (Å²) in [7, 11) is 0. The zero-order valence-electron chi connectivity index (χ0n) is 13.7. The molecule has 0 unspecified atom stereocenters. The summed E-state index contributed by atoms with van der Waals surface area (Å²) in [5.74, 6) is 1.15. The molecule has 3 heterocycles. The molecule has 124 valence electrons. The van der Waals surface area contributed by atoms with Crippen molar-refractivity contribution >= 4 is 22.7 Å². The number of anilines is 2. The van der Waals surface area contributed by atoms with Crippen LogP contribution in [0.15, 0.2) is 30.5 Å². The Morgan fingerprint density at radius 3 is 2.67 bits per heavy atom. The SMILES string of the molecule is C[C@@H]1CN(c2nc(N)nc3cc(-c4ccn[nH]4)ccc23)C[C@@H](C)O1. The Bertz CT molecular complexity index is 853. The van der Waals surface area contributed by atoms with Gasteiger partial charge in [0.05, 0.1) is 23.4 Å². The second-order valence-corrected chi connectivity index (χ2v) is 6.27. The average molecular weight is 324 g/mol. The summed E-state index contributed by atoms with van der Waals surface area (Å²) in [6.45, 7) is 5.73. The van der Waals surface area contributed by atoms with Crippen LogP contribution in [-0.2, 0) is 4.74 Å². The van der Waals surface area contributed by atoms with E-state index < -0.39 is 0 Å². The van der Waals surface area contributed by atoms with Crippen molar-refractivity contribution in [1.29, 1.82) is 0 Å². The lowest BCUT2D eigenvalue weighted by atomic mass is 10.1. The van der Waals surface area contributed by atoms with E-state index in [-0.39, 0.29) is 18.2 Å². The van der Waals surface area contributed by atoms with Crippen LogP contribution < -0.4 is 10.6 Å². The number of H-pyrrole nitrogens is 1. The van der Waals surface area contributed by atoms with Gasteiger partial charge in [0, 0.05) is 30.2 Å². The maximum Gasteiger partial charge on any atom is 0.222 e. The monoisotopic (exact) mass is 324 g/mol. The highest BCUT2D eigenvalue weighted by molar-refractivity contribution is 5.93. The first-order valence-electron chi connectivity index (χ1n) is 8.07. The van der Waals surface area contributed by atoms with Crippen molar-refractivity contribution in [3.05, 3.63) is 30.5 Å². The van der Waals surface area contributed by atoms with Gasteiger partial charge in [0.1, 0.15) is 5.82 Å². The fourth-order valence-electron chi connectivity index (χ4n) is 3.31. The molecule has 7 nitrogen and oxygen atoms in total. The van der Waals surface area contributed by atoms with E-state index in [1.165, 1.54) is 0 Å². The summed E-state index contributed by atoms with van der Waals surface area (Å²) in [6.07, 6.45) is 2.05. The third-order valence-corrected chi connectivity index (χ3v) is 4.22. The molecule has 7 heteroatoms. The highest BCUT2D eigenvalue weighted by Crippen LogP contribution is 2.30. The number of benzene rings is 1. The Morgan fingerprint density at radius 1 is 1.17 bits per heavy atom. The van der Waals surface area contributed by atoms with E-state index in [4.69, 9.17) is 10.5 Å². The van der Waals surface area contributed by atoms with Gasteiger partial charge in [-0.3, -0.25) is 5.10 Å². The lowest BCUT2D eigenvalue weighted by Crippen LogP contribution is -2.46. The molecule has 1 aliphatic rings. The first-order valence-corrected chi connectivity index (χ1v) is 8.07. The maximum atomic E-state index is 5.97. The number of ether oxygens (including phenoxy) is 1. The van der Waals surface area contributed by atoms with E-state index in [0.717, 1.165) is 41.1 Å². The molecular formula is C17H20N6O. The van der Waals surface area contributed by atoms with Crippen molar-refractivity contribution in [3.8, 4) is 11.3 Å². The molecule has 0 spiro atoms. The summed E-state index contributed by atoms with van der Waals surface area (Å²) in [6, 6.07) is 8.03. The third-order valence-electron chi connectivity index (χ3n) is 4.22. The van der Waals surface area contributed by atoms with Gasteiger partial charge >= 0.3 is 0 Å². The van der Waals surface area contributed by atoms with Crippen LogP contribution in [0.3, 0.4) is 0 Å². The fraction of sp³-hybridized carbons (Fsp3) is 0.353. The number of nitrogens with two attached hydrogens (primary N) is 1. The van der Waals surface area contributed by atoms with Crippen LogP contribution in [0, 0.1) is 0 Å². The minimum absolute atomic E-state index is 0.157. The van der Waals surface area contributed by atoms with E-state index in [1.54, 1.807) is 6.20 Å². The highest BCUT2D eigenvalue weighted by atomic mass is 16.5. The molecule has 1 aliphatic heterocycles. The topological polar surface area (TPSA) is 93.0 Å². The van der Waals surface area contributed by atoms with Gasteiger partial charge in [0.2, 0.25) is 5.95 Å². The van der Waals surface area contributed by atoms with Crippen LogP contribution in [0.5, 0.6) is 0 Å². The van der Waals surface area contributed by atoms with Crippen LogP contribution in [0.1, 0.15) is 13.8 Å². The predicted molar refractivity (Wildman–Crippen MR) is 93.8 cm³/mol. The van der Waals surface area contributed by atoms with Crippen molar-refractivity contribution in [2.45, 2.75) is 26.1 Å². The Hall–Kier alpha value is -2.67. The average Bonchev–Trinajstić information content (AvgIpc) is 3.07. The van der Waals surface area contributed by atoms with E-state index in [1.807, 2.05) is 24.3 Å². The largest absolute Gasteiger partial charge is 0.372 e. The van der Waals surface area contributed by atoms with Crippen LogP contribution >= 0.6 is 0 Å². The zero-order chi connectivity index (χ0) is 16.7. The molecule has 2 aromatic heterocycles. The fourth-order valence-corrected chi connectivity index (χ4v) is 3.31. The number of hydrogen-bond acceptors (Lipinski definition) is 6. The molecular weight excluding hydrogens is 304 g/mol. The molecule has 3 N–H and O–H groups in total. The molecule has 1 fully saturated rings. The molecule has 0 aliphatic carbocycles. The number of nitrogen functional groups attached to an aromatic ring is 1. The summed E-state index contributed by atoms with van der Waals surface area (Å²) < 4.78 is 5.82. The van der Waals surface area contributed by atoms with Crippen molar-refractivity contribution in [1.82, 2.24) is 20.2 Å². The van der Waals surface area contributed by atoms with Crippen molar-refractivity contribution in [2.75, 3.05) is 23.7 Å². The molecule has 0 amide bonds. The molecule has 0 radical (unpaired) electrons. The first-order chi connectivity index (χ1) is 11.6. The number of fused-ring (bicyclic) bond motifs is 1. The van der Waals surface area contributed by atoms with Gasteiger partial charge in [-0.15, -0.1) is 0 Å². The molecule has 1 saturated heterocycles. The van der Waals surface area contributed by atoms with Gasteiger partial charge in [0.25, 0.3) is 0 Å². The summed E-state index contributed by atoms with van der Waals surface area (Å²) >= 11 is 0. The number of nitrogens with one attached hydrogen (secondary N) is 1. The molecule has 24 heavy (non-hydrogen) atoms. The van der Waals surface area contributed by atoms with Gasteiger partial charge in [-0.1, -0.05) is 6.07 Å². The van der Waals surface area contributed by atoms with Gasteiger partial charge in [-0.25, -0.2) is 4.98 Å². The number of hydrogen-bond donors (Lipinski definition) is 2. The Balaban J connectivity index is 1.81. The second-order valence-electron chi connectivity index (χ2n) is 6.27.